The first kappa shape index (κ1) is 19.9. The molecule has 8 heteroatoms. The van der Waals surface area contributed by atoms with Crippen molar-refractivity contribution >= 4 is 23.3 Å². The van der Waals surface area contributed by atoms with Gasteiger partial charge in [-0.25, -0.2) is 4.79 Å². The summed E-state index contributed by atoms with van der Waals surface area (Å²) in [6, 6.07) is 12.2. The van der Waals surface area contributed by atoms with Crippen LogP contribution in [-0.2, 0) is 9.53 Å². The highest BCUT2D eigenvalue weighted by Gasteiger charge is 2.08. The van der Waals surface area contributed by atoms with E-state index in [1.54, 1.807) is 31.2 Å². The third-order valence-corrected chi connectivity index (χ3v) is 3.54. The Morgan fingerprint density at radius 3 is 2.33 bits per heavy atom. The maximum absolute atomic E-state index is 11.9. The minimum Gasteiger partial charge on any atom is -0.494 e. The molecule has 0 bridgehead atoms. The van der Waals surface area contributed by atoms with Gasteiger partial charge in [0.15, 0.2) is 0 Å². The molecule has 2 aromatic carbocycles. The molecule has 27 heavy (non-hydrogen) atoms. The Kier molecular flexibility index (Phi) is 7.30. The maximum Gasteiger partial charge on any atom is 0.338 e. The van der Waals surface area contributed by atoms with Gasteiger partial charge in [0.25, 0.3) is 5.69 Å². The Morgan fingerprint density at radius 1 is 1.07 bits per heavy atom. The lowest BCUT2D eigenvalue weighted by atomic mass is 10.2. The van der Waals surface area contributed by atoms with Crippen LogP contribution in [-0.4, -0.2) is 30.0 Å². The molecule has 2 rings (SSSR count). The molecular formula is C19H20N2O6. The normalized spacial score (nSPS) is 10.1. The van der Waals surface area contributed by atoms with Gasteiger partial charge in [-0.05, 0) is 49.7 Å². The molecule has 142 valence electrons. The number of carbonyl (C=O) groups is 2. The van der Waals surface area contributed by atoms with E-state index in [2.05, 4.69) is 5.32 Å². The van der Waals surface area contributed by atoms with Crippen molar-refractivity contribution in [2.75, 3.05) is 18.5 Å². The predicted molar refractivity (Wildman–Crippen MR) is 98.9 cm³/mol. The van der Waals surface area contributed by atoms with Crippen LogP contribution in [0.15, 0.2) is 48.5 Å². The second-order valence-electron chi connectivity index (χ2n) is 5.55. The van der Waals surface area contributed by atoms with Gasteiger partial charge in [0.05, 0.1) is 23.7 Å². The standard InChI is InChI=1S/C19H20N2O6/c1-2-26-19(23)14-5-7-15(8-6-14)20-18(22)4-3-13-27-17-11-9-16(10-12-17)21(24)25/h5-12H,2-4,13H2,1H3,(H,20,22). The molecule has 0 saturated heterocycles. The molecule has 0 fully saturated rings. The van der Waals surface area contributed by atoms with Crippen LogP contribution < -0.4 is 10.1 Å². The second kappa shape index (κ2) is 9.91. The van der Waals surface area contributed by atoms with Gasteiger partial charge in [-0.1, -0.05) is 0 Å². The molecule has 0 saturated carbocycles. The topological polar surface area (TPSA) is 108 Å². The SMILES string of the molecule is CCOC(=O)c1ccc(NC(=O)CCCOc2ccc([N+](=O)[O-])cc2)cc1. The molecule has 0 radical (unpaired) electrons. The van der Waals surface area contributed by atoms with E-state index in [1.807, 2.05) is 0 Å². The van der Waals surface area contributed by atoms with Crippen molar-refractivity contribution in [1.29, 1.82) is 0 Å². The highest BCUT2D eigenvalue weighted by Crippen LogP contribution is 2.17. The van der Waals surface area contributed by atoms with Crippen LogP contribution >= 0.6 is 0 Å². The maximum atomic E-state index is 11.9. The smallest absolute Gasteiger partial charge is 0.338 e. The Morgan fingerprint density at radius 2 is 1.74 bits per heavy atom. The van der Waals surface area contributed by atoms with Crippen molar-refractivity contribution in [3.05, 3.63) is 64.2 Å². The number of hydrogen-bond donors (Lipinski definition) is 1. The molecule has 1 N–H and O–H groups in total. The summed E-state index contributed by atoms with van der Waals surface area (Å²) in [7, 11) is 0. The van der Waals surface area contributed by atoms with Crippen LogP contribution in [0.3, 0.4) is 0 Å². The van der Waals surface area contributed by atoms with Crippen molar-refractivity contribution in [2.45, 2.75) is 19.8 Å². The van der Waals surface area contributed by atoms with E-state index in [0.29, 0.717) is 36.6 Å². The van der Waals surface area contributed by atoms with Crippen molar-refractivity contribution in [2.24, 2.45) is 0 Å². The van der Waals surface area contributed by atoms with E-state index >= 15 is 0 Å². The van der Waals surface area contributed by atoms with E-state index in [0.717, 1.165) is 0 Å². The van der Waals surface area contributed by atoms with E-state index in [1.165, 1.54) is 24.3 Å². The van der Waals surface area contributed by atoms with Crippen LogP contribution in [0.5, 0.6) is 5.75 Å². The van der Waals surface area contributed by atoms with Gasteiger partial charge < -0.3 is 14.8 Å². The highest BCUT2D eigenvalue weighted by molar-refractivity contribution is 5.93. The summed E-state index contributed by atoms with van der Waals surface area (Å²) in [5.74, 6) is -0.0690. The van der Waals surface area contributed by atoms with Crippen LogP contribution in [0.2, 0.25) is 0 Å². The number of amides is 1. The zero-order chi connectivity index (χ0) is 19.6. The fourth-order valence-corrected chi connectivity index (χ4v) is 2.21. The van der Waals surface area contributed by atoms with Crippen LogP contribution in [0.1, 0.15) is 30.1 Å². The van der Waals surface area contributed by atoms with Gasteiger partial charge in [0.1, 0.15) is 5.75 Å². The molecule has 0 atom stereocenters. The molecule has 0 aliphatic rings. The minimum absolute atomic E-state index is 0.00398. The summed E-state index contributed by atoms with van der Waals surface area (Å²) >= 11 is 0. The molecule has 0 heterocycles. The highest BCUT2D eigenvalue weighted by atomic mass is 16.6. The molecule has 0 aliphatic heterocycles. The summed E-state index contributed by atoms with van der Waals surface area (Å²) in [5.41, 5.74) is 1.01. The van der Waals surface area contributed by atoms with Crippen LogP contribution in [0.4, 0.5) is 11.4 Å². The fourth-order valence-electron chi connectivity index (χ4n) is 2.21. The average molecular weight is 372 g/mol. The van der Waals surface area contributed by atoms with Gasteiger partial charge in [-0.3, -0.25) is 14.9 Å². The Labute approximate surface area is 156 Å². The first-order valence-electron chi connectivity index (χ1n) is 8.44. The number of carbonyl (C=O) groups excluding carboxylic acids is 2. The number of nitro benzene ring substituents is 1. The number of nitrogens with zero attached hydrogens (tertiary/aromatic N) is 1. The van der Waals surface area contributed by atoms with Crippen LogP contribution in [0, 0.1) is 10.1 Å². The fraction of sp³-hybridized carbons (Fsp3) is 0.263. The summed E-state index contributed by atoms with van der Waals surface area (Å²) in [5, 5.41) is 13.3. The average Bonchev–Trinajstić information content (AvgIpc) is 2.66. The van der Waals surface area contributed by atoms with Crippen molar-refractivity contribution in [3.8, 4) is 5.75 Å². The number of nitrogens with one attached hydrogen (secondary N) is 1. The number of rotatable bonds is 9. The van der Waals surface area contributed by atoms with Gasteiger partial charge >= 0.3 is 5.97 Å². The minimum atomic E-state index is -0.479. The molecule has 2 aromatic rings. The van der Waals surface area contributed by atoms with Gasteiger partial charge in [0, 0.05) is 24.2 Å². The summed E-state index contributed by atoms with van der Waals surface area (Å²) in [6.45, 7) is 2.35. The Bertz CT molecular complexity index is 787. The number of anilines is 1. The van der Waals surface area contributed by atoms with E-state index < -0.39 is 10.9 Å². The molecular weight excluding hydrogens is 352 g/mol. The van der Waals surface area contributed by atoms with E-state index in [-0.39, 0.29) is 18.0 Å². The Hall–Kier alpha value is -3.42. The lowest BCUT2D eigenvalue weighted by molar-refractivity contribution is -0.384. The van der Waals surface area contributed by atoms with Crippen molar-refractivity contribution in [1.82, 2.24) is 0 Å². The first-order valence-corrected chi connectivity index (χ1v) is 8.44. The van der Waals surface area contributed by atoms with Crippen molar-refractivity contribution < 1.29 is 24.0 Å². The molecule has 8 nitrogen and oxygen atoms in total. The largest absolute Gasteiger partial charge is 0.494 e. The summed E-state index contributed by atoms with van der Waals surface area (Å²) in [6.07, 6.45) is 0.746. The first-order chi connectivity index (χ1) is 13.0. The third kappa shape index (κ3) is 6.43. The third-order valence-electron chi connectivity index (χ3n) is 3.54. The molecule has 1 amide bonds. The number of nitro groups is 1. The van der Waals surface area contributed by atoms with Gasteiger partial charge in [0.2, 0.25) is 5.91 Å². The van der Waals surface area contributed by atoms with Crippen molar-refractivity contribution in [3.63, 3.8) is 0 Å². The predicted octanol–water partition coefficient (Wildman–Crippen LogP) is 3.57. The second-order valence-corrected chi connectivity index (χ2v) is 5.55. The number of ether oxygens (including phenoxy) is 2. The lowest BCUT2D eigenvalue weighted by Crippen LogP contribution is -2.13. The van der Waals surface area contributed by atoms with Gasteiger partial charge in [-0.2, -0.15) is 0 Å². The van der Waals surface area contributed by atoms with Crippen LogP contribution in [0.25, 0.3) is 0 Å². The van der Waals surface area contributed by atoms with Gasteiger partial charge in [-0.15, -0.1) is 0 Å². The number of hydrogen-bond acceptors (Lipinski definition) is 6. The van der Waals surface area contributed by atoms with E-state index in [4.69, 9.17) is 9.47 Å². The zero-order valence-corrected chi connectivity index (χ0v) is 14.8. The molecule has 0 spiro atoms. The molecule has 0 aromatic heterocycles. The monoisotopic (exact) mass is 372 g/mol. The summed E-state index contributed by atoms with van der Waals surface area (Å²) < 4.78 is 10.3. The molecule has 0 aliphatic carbocycles. The molecule has 0 unspecified atom stereocenters. The quantitative estimate of drug-likeness (QED) is 0.312. The van der Waals surface area contributed by atoms with E-state index in [9.17, 15) is 19.7 Å². The Balaban J connectivity index is 1.71. The zero-order valence-electron chi connectivity index (χ0n) is 14.8. The number of non-ortho nitro benzene ring substituents is 1. The summed E-state index contributed by atoms with van der Waals surface area (Å²) in [4.78, 5) is 33.6. The number of esters is 1. The number of benzene rings is 2. The lowest BCUT2D eigenvalue weighted by Gasteiger charge is -2.08.